The van der Waals surface area contributed by atoms with Crippen LogP contribution in [0.5, 0.6) is 11.5 Å². The van der Waals surface area contributed by atoms with Gasteiger partial charge in [0.15, 0.2) is 11.5 Å². The van der Waals surface area contributed by atoms with Crippen molar-refractivity contribution in [1.29, 1.82) is 0 Å². The standard InChI is InChI=1S/C29H26N4O2/c1-34-28-18-24(16-17-27(28)35-21-23-12-6-3-7-13-23)19-30-32-29-31-25-14-8-9-15-26(25)33(29)20-22-10-4-2-5-11-22/h2-19H,20-21H2,1H3,(H,31,32)/b30-19+. The fourth-order valence-corrected chi connectivity index (χ4v) is 3.87. The molecule has 0 bridgehead atoms. The first-order valence-corrected chi connectivity index (χ1v) is 11.4. The number of rotatable bonds is 9. The number of anilines is 1. The first kappa shape index (κ1) is 22.2. The Bertz CT molecular complexity index is 1430. The Labute approximate surface area is 204 Å². The number of imidazole rings is 1. The molecule has 35 heavy (non-hydrogen) atoms. The zero-order chi connectivity index (χ0) is 23.9. The zero-order valence-electron chi connectivity index (χ0n) is 19.5. The topological polar surface area (TPSA) is 60.7 Å². The maximum atomic E-state index is 5.95. The molecule has 0 aliphatic heterocycles. The highest BCUT2D eigenvalue weighted by Gasteiger charge is 2.10. The maximum Gasteiger partial charge on any atom is 0.225 e. The number of nitrogens with one attached hydrogen (secondary N) is 1. The van der Waals surface area contributed by atoms with Crippen molar-refractivity contribution in [1.82, 2.24) is 9.55 Å². The van der Waals surface area contributed by atoms with Crippen molar-refractivity contribution >= 4 is 23.2 Å². The van der Waals surface area contributed by atoms with Gasteiger partial charge in [-0.25, -0.2) is 10.4 Å². The lowest BCUT2D eigenvalue weighted by atomic mass is 10.2. The molecular weight excluding hydrogens is 436 g/mol. The van der Waals surface area contributed by atoms with Crippen LogP contribution < -0.4 is 14.9 Å². The highest BCUT2D eigenvalue weighted by Crippen LogP contribution is 2.28. The first-order chi connectivity index (χ1) is 17.3. The number of methoxy groups -OCH3 is 1. The lowest BCUT2D eigenvalue weighted by molar-refractivity contribution is 0.284. The van der Waals surface area contributed by atoms with Gasteiger partial charge in [-0.05, 0) is 47.0 Å². The normalized spacial score (nSPS) is 11.1. The van der Waals surface area contributed by atoms with Crippen molar-refractivity contribution in [2.45, 2.75) is 13.2 Å². The molecule has 0 saturated heterocycles. The van der Waals surface area contributed by atoms with E-state index in [1.165, 1.54) is 5.56 Å². The molecule has 4 aromatic carbocycles. The van der Waals surface area contributed by atoms with Crippen LogP contribution in [-0.4, -0.2) is 22.9 Å². The van der Waals surface area contributed by atoms with Gasteiger partial charge in [0, 0.05) is 0 Å². The molecule has 0 atom stereocenters. The van der Waals surface area contributed by atoms with Gasteiger partial charge in [-0.15, -0.1) is 0 Å². The van der Waals surface area contributed by atoms with Gasteiger partial charge in [0.05, 0.1) is 30.9 Å². The lowest BCUT2D eigenvalue weighted by Crippen LogP contribution is -2.05. The van der Waals surface area contributed by atoms with E-state index in [2.05, 4.69) is 33.3 Å². The van der Waals surface area contributed by atoms with Crippen molar-refractivity contribution in [3.8, 4) is 11.5 Å². The molecule has 6 nitrogen and oxygen atoms in total. The average Bonchev–Trinajstić information content (AvgIpc) is 3.26. The third-order valence-corrected chi connectivity index (χ3v) is 5.64. The Morgan fingerprint density at radius 1 is 0.829 bits per heavy atom. The number of ether oxygens (including phenoxy) is 2. The average molecular weight is 463 g/mol. The number of hydrazone groups is 1. The summed E-state index contributed by atoms with van der Waals surface area (Å²) in [6.45, 7) is 1.17. The van der Waals surface area contributed by atoms with E-state index in [-0.39, 0.29) is 0 Å². The van der Waals surface area contributed by atoms with Crippen molar-refractivity contribution in [3.05, 3.63) is 120 Å². The van der Waals surface area contributed by atoms with Crippen molar-refractivity contribution in [2.24, 2.45) is 5.10 Å². The fraction of sp³-hybridized carbons (Fsp3) is 0.103. The molecule has 1 N–H and O–H groups in total. The van der Waals surface area contributed by atoms with Crippen LogP contribution in [0.15, 0.2) is 108 Å². The molecule has 0 radical (unpaired) electrons. The zero-order valence-corrected chi connectivity index (χ0v) is 19.5. The van der Waals surface area contributed by atoms with E-state index in [0.717, 1.165) is 22.2 Å². The predicted molar refractivity (Wildman–Crippen MR) is 140 cm³/mol. The summed E-state index contributed by atoms with van der Waals surface area (Å²) in [6.07, 6.45) is 1.75. The minimum atomic E-state index is 0.476. The second kappa shape index (κ2) is 10.6. The monoisotopic (exact) mass is 462 g/mol. The molecule has 5 aromatic rings. The lowest BCUT2D eigenvalue weighted by Gasteiger charge is -2.11. The van der Waals surface area contributed by atoms with Crippen molar-refractivity contribution < 1.29 is 9.47 Å². The third kappa shape index (κ3) is 5.33. The van der Waals surface area contributed by atoms with E-state index in [4.69, 9.17) is 14.5 Å². The summed E-state index contributed by atoms with van der Waals surface area (Å²) in [5.41, 5.74) is 8.26. The molecule has 1 heterocycles. The van der Waals surface area contributed by atoms with Gasteiger partial charge in [-0.2, -0.15) is 5.10 Å². The quantitative estimate of drug-likeness (QED) is 0.212. The van der Waals surface area contributed by atoms with Crippen LogP contribution >= 0.6 is 0 Å². The fourth-order valence-electron chi connectivity index (χ4n) is 3.87. The molecule has 0 saturated carbocycles. The second-order valence-corrected chi connectivity index (χ2v) is 8.05. The van der Waals surface area contributed by atoms with E-state index in [0.29, 0.717) is 30.6 Å². The smallest absolute Gasteiger partial charge is 0.225 e. The molecular formula is C29H26N4O2. The number of benzene rings is 4. The molecule has 5 rings (SSSR count). The second-order valence-electron chi connectivity index (χ2n) is 8.05. The molecule has 0 aliphatic carbocycles. The van der Waals surface area contributed by atoms with Crippen LogP contribution in [0.4, 0.5) is 5.95 Å². The molecule has 6 heteroatoms. The highest BCUT2D eigenvalue weighted by atomic mass is 16.5. The van der Waals surface area contributed by atoms with Gasteiger partial charge in [0.2, 0.25) is 5.95 Å². The first-order valence-electron chi connectivity index (χ1n) is 11.4. The van der Waals surface area contributed by atoms with E-state index >= 15 is 0 Å². The Balaban J connectivity index is 1.32. The maximum absolute atomic E-state index is 5.95. The van der Waals surface area contributed by atoms with Crippen LogP contribution in [0.2, 0.25) is 0 Å². The summed E-state index contributed by atoms with van der Waals surface area (Å²) in [4.78, 5) is 4.73. The number of hydrogen-bond acceptors (Lipinski definition) is 5. The number of aromatic nitrogens is 2. The van der Waals surface area contributed by atoms with Gasteiger partial charge in [0.1, 0.15) is 6.61 Å². The summed E-state index contributed by atoms with van der Waals surface area (Å²) < 4.78 is 13.6. The van der Waals surface area contributed by atoms with Gasteiger partial charge in [-0.3, -0.25) is 0 Å². The largest absolute Gasteiger partial charge is 0.493 e. The van der Waals surface area contributed by atoms with E-state index < -0.39 is 0 Å². The van der Waals surface area contributed by atoms with Crippen molar-refractivity contribution in [2.75, 3.05) is 12.5 Å². The summed E-state index contributed by atoms with van der Waals surface area (Å²) in [5, 5.41) is 4.45. The Morgan fingerprint density at radius 2 is 1.54 bits per heavy atom. The predicted octanol–water partition coefficient (Wildman–Crippen LogP) is 6.12. The minimum absolute atomic E-state index is 0.476. The van der Waals surface area contributed by atoms with Crippen LogP contribution in [0.1, 0.15) is 16.7 Å². The molecule has 0 amide bonds. The summed E-state index contributed by atoms with van der Waals surface area (Å²) >= 11 is 0. The highest BCUT2D eigenvalue weighted by molar-refractivity contribution is 5.82. The minimum Gasteiger partial charge on any atom is -0.493 e. The van der Waals surface area contributed by atoms with Crippen LogP contribution in [0.3, 0.4) is 0 Å². The number of fused-ring (bicyclic) bond motifs is 1. The van der Waals surface area contributed by atoms with E-state index in [9.17, 15) is 0 Å². The summed E-state index contributed by atoms with van der Waals surface area (Å²) in [7, 11) is 1.63. The summed E-state index contributed by atoms with van der Waals surface area (Å²) in [6, 6.07) is 34.2. The SMILES string of the molecule is COc1cc(/C=N/Nc2nc3ccccc3n2Cc2ccccc2)ccc1OCc1ccccc1. The van der Waals surface area contributed by atoms with Gasteiger partial charge < -0.3 is 14.0 Å². The van der Waals surface area contributed by atoms with Crippen LogP contribution in [0.25, 0.3) is 11.0 Å². The number of hydrogen-bond donors (Lipinski definition) is 1. The van der Waals surface area contributed by atoms with Crippen LogP contribution in [0, 0.1) is 0 Å². The van der Waals surface area contributed by atoms with Gasteiger partial charge in [-0.1, -0.05) is 72.8 Å². The molecule has 174 valence electrons. The van der Waals surface area contributed by atoms with Crippen molar-refractivity contribution in [3.63, 3.8) is 0 Å². The molecule has 0 unspecified atom stereocenters. The Morgan fingerprint density at radius 3 is 2.31 bits per heavy atom. The number of para-hydroxylation sites is 2. The molecule has 0 aliphatic rings. The Kier molecular flexibility index (Phi) is 6.71. The Hall–Kier alpha value is -4.58. The van der Waals surface area contributed by atoms with Gasteiger partial charge >= 0.3 is 0 Å². The molecule has 0 spiro atoms. The molecule has 0 fully saturated rings. The summed E-state index contributed by atoms with van der Waals surface area (Å²) in [5.74, 6) is 2.02. The van der Waals surface area contributed by atoms with Gasteiger partial charge in [0.25, 0.3) is 0 Å². The third-order valence-electron chi connectivity index (χ3n) is 5.64. The van der Waals surface area contributed by atoms with Crippen LogP contribution in [-0.2, 0) is 13.2 Å². The van der Waals surface area contributed by atoms with E-state index in [1.54, 1.807) is 13.3 Å². The number of nitrogens with zero attached hydrogens (tertiary/aromatic N) is 3. The molecule has 1 aromatic heterocycles. The van der Waals surface area contributed by atoms with E-state index in [1.807, 2.05) is 84.9 Å².